The van der Waals surface area contributed by atoms with E-state index in [0.717, 1.165) is 6.42 Å². The molecule has 1 aliphatic rings. The van der Waals surface area contributed by atoms with Gasteiger partial charge in [-0.15, -0.1) is 11.8 Å². The Balaban J connectivity index is 2.52. The number of amides is 3. The number of nitrogens with one attached hydrogen (secondary N) is 1. The topological polar surface area (TPSA) is 90.0 Å². The van der Waals surface area contributed by atoms with Crippen LogP contribution in [0.4, 0.5) is 4.79 Å². The first kappa shape index (κ1) is 15.6. The van der Waals surface area contributed by atoms with Crippen LogP contribution in [-0.2, 0) is 9.59 Å². The molecule has 108 valence electrons. The molecule has 1 fully saturated rings. The second-order valence-electron chi connectivity index (χ2n) is 4.31. The monoisotopic (exact) mass is 289 g/mol. The summed E-state index contributed by atoms with van der Waals surface area (Å²) < 4.78 is 0. The Morgan fingerprint density at radius 2 is 2.16 bits per heavy atom. The van der Waals surface area contributed by atoms with E-state index >= 15 is 0 Å². The number of likely N-dealkylation sites (N-methyl/N-ethyl adjacent to an activating group) is 1. The highest BCUT2D eigenvalue weighted by atomic mass is 32.2. The minimum Gasteiger partial charge on any atom is -0.480 e. The average molecular weight is 289 g/mol. The van der Waals surface area contributed by atoms with Crippen molar-refractivity contribution in [2.45, 2.75) is 19.4 Å². The van der Waals surface area contributed by atoms with E-state index in [1.54, 1.807) is 0 Å². The minimum atomic E-state index is -1.01. The largest absolute Gasteiger partial charge is 0.480 e. The molecule has 0 saturated carbocycles. The van der Waals surface area contributed by atoms with E-state index < -0.39 is 18.0 Å². The van der Waals surface area contributed by atoms with Gasteiger partial charge >= 0.3 is 12.0 Å². The molecular weight excluding hydrogens is 270 g/mol. The average Bonchev–Trinajstić information content (AvgIpc) is 2.84. The zero-order valence-corrected chi connectivity index (χ0v) is 11.9. The number of nitrogens with zero attached hydrogens (tertiary/aromatic N) is 2. The first-order valence-corrected chi connectivity index (χ1v) is 7.21. The van der Waals surface area contributed by atoms with Gasteiger partial charge in [0.1, 0.15) is 12.6 Å². The van der Waals surface area contributed by atoms with Crippen molar-refractivity contribution in [1.29, 1.82) is 0 Å². The van der Waals surface area contributed by atoms with Crippen molar-refractivity contribution < 1.29 is 19.5 Å². The lowest BCUT2D eigenvalue weighted by Crippen LogP contribution is -2.49. The third-order valence-corrected chi connectivity index (χ3v) is 3.70. The zero-order valence-electron chi connectivity index (χ0n) is 11.1. The number of aliphatic carboxylic acids is 1. The van der Waals surface area contributed by atoms with Crippen molar-refractivity contribution in [1.82, 2.24) is 15.1 Å². The lowest BCUT2D eigenvalue weighted by molar-refractivity contribution is -0.140. The maximum absolute atomic E-state index is 12.1. The van der Waals surface area contributed by atoms with Gasteiger partial charge in [0, 0.05) is 19.3 Å². The van der Waals surface area contributed by atoms with Crippen molar-refractivity contribution in [3.63, 3.8) is 0 Å². The Bertz CT molecular complexity index is 364. The highest BCUT2D eigenvalue weighted by Crippen LogP contribution is 2.22. The molecule has 1 rings (SSSR count). The number of carboxylic acid groups (broad SMARTS) is 1. The lowest BCUT2D eigenvalue weighted by Gasteiger charge is -2.26. The summed E-state index contributed by atoms with van der Waals surface area (Å²) in [6.45, 7) is 2.44. The molecule has 1 aliphatic heterocycles. The van der Waals surface area contributed by atoms with Crippen LogP contribution in [0.2, 0.25) is 0 Å². The summed E-state index contributed by atoms with van der Waals surface area (Å²) in [6.07, 6.45) is 0.827. The van der Waals surface area contributed by atoms with E-state index in [-0.39, 0.29) is 12.5 Å². The molecule has 2 N–H and O–H groups in total. The molecule has 7 nitrogen and oxygen atoms in total. The Hall–Kier alpha value is -1.44. The molecule has 1 saturated heterocycles. The maximum atomic E-state index is 12.1. The van der Waals surface area contributed by atoms with Crippen LogP contribution in [0.15, 0.2) is 0 Å². The van der Waals surface area contributed by atoms with E-state index in [1.807, 2.05) is 6.92 Å². The molecule has 0 aromatic heterocycles. The molecule has 1 atom stereocenters. The predicted octanol–water partition coefficient (Wildman–Crippen LogP) is 0.0239. The molecule has 19 heavy (non-hydrogen) atoms. The van der Waals surface area contributed by atoms with Gasteiger partial charge in [-0.05, 0) is 6.42 Å². The summed E-state index contributed by atoms with van der Waals surface area (Å²) >= 11 is 1.39. The van der Waals surface area contributed by atoms with E-state index in [0.29, 0.717) is 18.2 Å². The van der Waals surface area contributed by atoms with Gasteiger partial charge in [-0.1, -0.05) is 6.92 Å². The number of carbonyl (C=O) groups excluding carboxylic acids is 2. The quantitative estimate of drug-likeness (QED) is 0.745. The van der Waals surface area contributed by atoms with Crippen LogP contribution in [-0.4, -0.2) is 70.6 Å². The van der Waals surface area contributed by atoms with Crippen LogP contribution in [0, 0.1) is 0 Å². The van der Waals surface area contributed by atoms with E-state index in [2.05, 4.69) is 5.32 Å². The van der Waals surface area contributed by atoms with Gasteiger partial charge in [-0.25, -0.2) is 9.59 Å². The Kier molecular flexibility index (Phi) is 5.94. The molecule has 1 heterocycles. The van der Waals surface area contributed by atoms with Crippen LogP contribution < -0.4 is 5.32 Å². The van der Waals surface area contributed by atoms with E-state index in [1.165, 1.54) is 28.6 Å². The molecule has 0 aromatic carbocycles. The van der Waals surface area contributed by atoms with Gasteiger partial charge < -0.3 is 20.2 Å². The zero-order chi connectivity index (χ0) is 14.4. The fourth-order valence-electron chi connectivity index (χ4n) is 1.66. The molecule has 8 heteroatoms. The lowest BCUT2D eigenvalue weighted by atomic mass is 10.3. The third-order valence-electron chi connectivity index (χ3n) is 2.69. The van der Waals surface area contributed by atoms with Crippen molar-refractivity contribution in [2.75, 3.05) is 31.8 Å². The normalized spacial score (nSPS) is 18.2. The molecule has 3 amide bonds. The number of hydrogen-bond acceptors (Lipinski definition) is 4. The summed E-state index contributed by atoms with van der Waals surface area (Å²) in [6, 6.07) is -1.23. The second-order valence-corrected chi connectivity index (χ2v) is 5.31. The van der Waals surface area contributed by atoms with E-state index in [9.17, 15) is 14.4 Å². The Labute approximate surface area is 116 Å². The fourth-order valence-corrected chi connectivity index (χ4v) is 2.80. The summed E-state index contributed by atoms with van der Waals surface area (Å²) in [5, 5.41) is 11.7. The van der Waals surface area contributed by atoms with Crippen LogP contribution >= 0.6 is 11.8 Å². The van der Waals surface area contributed by atoms with Gasteiger partial charge in [-0.2, -0.15) is 0 Å². The van der Waals surface area contributed by atoms with E-state index in [4.69, 9.17) is 5.11 Å². The second kappa shape index (κ2) is 7.22. The summed E-state index contributed by atoms with van der Waals surface area (Å²) in [5.74, 6) is -0.521. The molecule has 0 bridgehead atoms. The number of carbonyl (C=O) groups is 3. The first-order valence-electron chi connectivity index (χ1n) is 6.06. The highest BCUT2D eigenvalue weighted by molar-refractivity contribution is 7.99. The molecule has 0 aliphatic carbocycles. The van der Waals surface area contributed by atoms with Crippen molar-refractivity contribution >= 4 is 29.7 Å². The number of urea groups is 1. The van der Waals surface area contributed by atoms with Gasteiger partial charge in [0.05, 0.1) is 5.88 Å². The molecule has 0 radical (unpaired) electrons. The van der Waals surface area contributed by atoms with Gasteiger partial charge in [0.25, 0.3) is 0 Å². The number of thioether (sulfide) groups is 1. The Morgan fingerprint density at radius 3 is 2.74 bits per heavy atom. The van der Waals surface area contributed by atoms with Gasteiger partial charge in [-0.3, -0.25) is 4.79 Å². The van der Waals surface area contributed by atoms with Crippen LogP contribution in [0.25, 0.3) is 0 Å². The smallest absolute Gasteiger partial charge is 0.327 e. The standard InChI is InChI=1S/C11H19N3O4S/c1-3-4-12-9(15)5-13(2)11(18)14-7-19-6-8(14)10(16)17/h8H,3-7H2,1-2H3,(H,12,15)(H,16,17)/t8-/m0/s1. The van der Waals surface area contributed by atoms with Crippen molar-refractivity contribution in [3.05, 3.63) is 0 Å². The number of hydrogen-bond donors (Lipinski definition) is 2. The summed E-state index contributed by atoms with van der Waals surface area (Å²) in [7, 11) is 1.50. The maximum Gasteiger partial charge on any atom is 0.327 e. The number of rotatable bonds is 5. The minimum absolute atomic E-state index is 0.0632. The van der Waals surface area contributed by atoms with Crippen molar-refractivity contribution in [2.24, 2.45) is 0 Å². The van der Waals surface area contributed by atoms with Gasteiger partial charge in [0.15, 0.2) is 0 Å². The fraction of sp³-hybridized carbons (Fsp3) is 0.727. The highest BCUT2D eigenvalue weighted by Gasteiger charge is 2.36. The molecular formula is C11H19N3O4S. The van der Waals surface area contributed by atoms with Crippen LogP contribution in [0.5, 0.6) is 0 Å². The van der Waals surface area contributed by atoms with Crippen molar-refractivity contribution in [3.8, 4) is 0 Å². The molecule has 0 unspecified atom stereocenters. The first-order chi connectivity index (χ1) is 8.97. The summed E-state index contributed by atoms with van der Waals surface area (Å²) in [4.78, 5) is 37.1. The van der Waals surface area contributed by atoms with Crippen LogP contribution in [0.3, 0.4) is 0 Å². The summed E-state index contributed by atoms with van der Waals surface area (Å²) in [5.41, 5.74) is 0. The van der Waals surface area contributed by atoms with Gasteiger partial charge in [0.2, 0.25) is 5.91 Å². The SMILES string of the molecule is CCCNC(=O)CN(C)C(=O)N1CSC[C@H]1C(=O)O. The number of carboxylic acids is 1. The molecule has 0 aromatic rings. The predicted molar refractivity (Wildman–Crippen MR) is 71.9 cm³/mol. The Morgan fingerprint density at radius 1 is 1.47 bits per heavy atom. The third kappa shape index (κ3) is 4.30. The van der Waals surface area contributed by atoms with Crippen LogP contribution in [0.1, 0.15) is 13.3 Å². The molecule has 0 spiro atoms.